The summed E-state index contributed by atoms with van der Waals surface area (Å²) in [5.74, 6) is -1.13. The minimum Gasteiger partial charge on any atom is -0.433 e. The molecule has 37 heavy (non-hydrogen) atoms. The third-order valence-electron chi connectivity index (χ3n) is 5.48. The molecular formula is C25H14ClF5N4O2. The van der Waals surface area contributed by atoms with E-state index in [4.69, 9.17) is 11.6 Å². The Morgan fingerprint density at radius 2 is 1.78 bits per heavy atom. The van der Waals surface area contributed by atoms with Crippen molar-refractivity contribution in [2.75, 3.05) is 5.32 Å². The number of rotatable bonds is 5. The van der Waals surface area contributed by atoms with Gasteiger partial charge in [0.25, 0.3) is 5.91 Å². The summed E-state index contributed by atoms with van der Waals surface area (Å²) < 4.78 is 71.7. The number of alkyl halides is 5. The van der Waals surface area contributed by atoms with Crippen LogP contribution >= 0.6 is 11.6 Å². The van der Waals surface area contributed by atoms with Gasteiger partial charge in [-0.1, -0.05) is 54.1 Å². The van der Waals surface area contributed by atoms with Crippen molar-refractivity contribution in [2.45, 2.75) is 12.8 Å². The van der Waals surface area contributed by atoms with E-state index in [1.54, 1.807) is 24.3 Å². The quantitative estimate of drug-likeness (QED) is 0.246. The number of benzene rings is 3. The fourth-order valence-corrected chi connectivity index (χ4v) is 4.11. The van der Waals surface area contributed by atoms with Gasteiger partial charge in [0.15, 0.2) is 11.3 Å². The molecule has 0 aliphatic heterocycles. The Morgan fingerprint density at radius 1 is 1.03 bits per heavy atom. The molecule has 12 heteroatoms. The molecule has 0 saturated carbocycles. The molecule has 0 aliphatic rings. The van der Waals surface area contributed by atoms with Crippen LogP contribution in [0.2, 0.25) is 5.02 Å². The van der Waals surface area contributed by atoms with Crippen molar-refractivity contribution in [3.63, 3.8) is 0 Å². The number of carbonyl (C=O) groups excluding carboxylic acids is 1. The molecule has 0 bridgehead atoms. The minimum absolute atomic E-state index is 0.00252. The molecular weight excluding hydrogens is 519 g/mol. The van der Waals surface area contributed by atoms with E-state index in [0.29, 0.717) is 15.5 Å². The molecule has 0 unspecified atom stereocenters. The first-order chi connectivity index (χ1) is 17.6. The van der Waals surface area contributed by atoms with Crippen LogP contribution in [0, 0.1) is 0 Å². The summed E-state index contributed by atoms with van der Waals surface area (Å²) >= 11 is 5.92. The molecule has 5 aromatic rings. The zero-order valence-electron chi connectivity index (χ0n) is 18.4. The first-order valence-corrected chi connectivity index (χ1v) is 11.0. The highest BCUT2D eigenvalue weighted by atomic mass is 35.5. The standard InChI is InChI=1S/C25H14ClF5N4O2/c26-18-10-14(8-9-20(18)37-24(27)28)33-23(36)17-12-32-35-21(25(29,30)31)11-19(34-22(17)35)16-7-3-5-13-4-1-2-6-15(13)16/h1-12,24H,(H,33,36). The molecule has 1 N–H and O–H groups in total. The van der Waals surface area contributed by atoms with Crippen molar-refractivity contribution in [3.05, 3.63) is 89.2 Å². The van der Waals surface area contributed by atoms with Gasteiger partial charge in [0.05, 0.1) is 16.9 Å². The number of nitrogens with zero attached hydrogens (tertiary/aromatic N) is 3. The first-order valence-electron chi connectivity index (χ1n) is 10.6. The summed E-state index contributed by atoms with van der Waals surface area (Å²) in [7, 11) is 0. The number of halogens is 6. The molecule has 0 aliphatic carbocycles. The predicted molar refractivity (Wildman–Crippen MR) is 127 cm³/mol. The van der Waals surface area contributed by atoms with E-state index in [1.807, 2.05) is 18.2 Å². The van der Waals surface area contributed by atoms with Gasteiger partial charge < -0.3 is 10.1 Å². The molecule has 0 atom stereocenters. The van der Waals surface area contributed by atoms with E-state index in [9.17, 15) is 26.7 Å². The lowest BCUT2D eigenvalue weighted by molar-refractivity contribution is -0.142. The Morgan fingerprint density at radius 3 is 2.51 bits per heavy atom. The molecule has 0 fully saturated rings. The maximum absolute atomic E-state index is 14.0. The summed E-state index contributed by atoms with van der Waals surface area (Å²) in [6.45, 7) is -3.10. The van der Waals surface area contributed by atoms with E-state index in [-0.39, 0.29) is 33.4 Å². The predicted octanol–water partition coefficient (Wildman–Crippen LogP) is 7.08. The molecule has 5 rings (SSSR count). The molecule has 0 radical (unpaired) electrons. The second-order valence-electron chi connectivity index (χ2n) is 7.82. The van der Waals surface area contributed by atoms with Crippen LogP contribution in [0.4, 0.5) is 27.6 Å². The fourth-order valence-electron chi connectivity index (χ4n) is 3.88. The normalized spacial score (nSPS) is 11.9. The van der Waals surface area contributed by atoms with Crippen molar-refractivity contribution in [3.8, 4) is 17.0 Å². The van der Waals surface area contributed by atoms with Crippen LogP contribution in [0.1, 0.15) is 16.1 Å². The molecule has 0 saturated heterocycles. The second kappa shape index (κ2) is 9.32. The monoisotopic (exact) mass is 532 g/mol. The number of nitrogens with one attached hydrogen (secondary N) is 1. The van der Waals surface area contributed by atoms with Gasteiger partial charge in [0.1, 0.15) is 11.3 Å². The van der Waals surface area contributed by atoms with Gasteiger partial charge in [-0.15, -0.1) is 0 Å². The third kappa shape index (κ3) is 4.77. The Hall–Kier alpha value is -4.25. The highest BCUT2D eigenvalue weighted by Crippen LogP contribution is 2.35. The second-order valence-corrected chi connectivity index (χ2v) is 8.23. The van der Waals surface area contributed by atoms with Crippen molar-refractivity contribution in [2.24, 2.45) is 0 Å². The van der Waals surface area contributed by atoms with E-state index in [2.05, 4.69) is 20.1 Å². The van der Waals surface area contributed by atoms with Crippen molar-refractivity contribution >= 4 is 39.6 Å². The van der Waals surface area contributed by atoms with Crippen LogP contribution in [0.15, 0.2) is 72.9 Å². The maximum atomic E-state index is 14.0. The van der Waals surface area contributed by atoms with Gasteiger partial charge in [-0.25, -0.2) is 9.50 Å². The lowest BCUT2D eigenvalue weighted by Crippen LogP contribution is -2.16. The average molecular weight is 533 g/mol. The number of fused-ring (bicyclic) bond motifs is 2. The summed E-state index contributed by atoms with van der Waals surface area (Å²) in [6, 6.07) is 16.7. The van der Waals surface area contributed by atoms with Crippen LogP contribution in [-0.2, 0) is 6.18 Å². The number of carbonyl (C=O) groups is 1. The fraction of sp³-hybridized carbons (Fsp3) is 0.0800. The zero-order chi connectivity index (χ0) is 26.3. The average Bonchev–Trinajstić information content (AvgIpc) is 3.28. The molecule has 6 nitrogen and oxygen atoms in total. The number of hydrogen-bond donors (Lipinski definition) is 1. The lowest BCUT2D eigenvalue weighted by atomic mass is 10.0. The van der Waals surface area contributed by atoms with Crippen LogP contribution in [0.3, 0.4) is 0 Å². The first kappa shape index (κ1) is 24.4. The molecule has 1 amide bonds. The third-order valence-corrected chi connectivity index (χ3v) is 5.77. The topological polar surface area (TPSA) is 68.5 Å². The number of aromatic nitrogens is 3. The maximum Gasteiger partial charge on any atom is 0.433 e. The molecule has 2 heterocycles. The Balaban J connectivity index is 1.59. The summed E-state index contributed by atoms with van der Waals surface area (Å²) in [4.78, 5) is 17.4. The molecule has 0 spiro atoms. The molecule has 188 valence electrons. The number of ether oxygens (including phenoxy) is 1. The summed E-state index contributed by atoms with van der Waals surface area (Å²) in [6.07, 6.45) is -3.83. The van der Waals surface area contributed by atoms with E-state index in [0.717, 1.165) is 23.7 Å². The Labute approximate surface area is 210 Å². The van der Waals surface area contributed by atoms with E-state index < -0.39 is 24.4 Å². The Kier molecular flexibility index (Phi) is 6.16. The minimum atomic E-state index is -4.80. The van der Waals surface area contributed by atoms with Gasteiger partial charge >= 0.3 is 12.8 Å². The van der Waals surface area contributed by atoms with E-state index in [1.165, 1.54) is 12.1 Å². The van der Waals surface area contributed by atoms with Gasteiger partial charge in [-0.05, 0) is 35.0 Å². The lowest BCUT2D eigenvalue weighted by Gasteiger charge is -2.13. The number of anilines is 1. The van der Waals surface area contributed by atoms with Gasteiger partial charge in [-0.2, -0.15) is 27.1 Å². The Bertz CT molecular complexity index is 1650. The summed E-state index contributed by atoms with van der Waals surface area (Å²) in [5.41, 5.74) is -1.13. The van der Waals surface area contributed by atoms with Crippen LogP contribution in [0.25, 0.3) is 27.7 Å². The zero-order valence-corrected chi connectivity index (χ0v) is 19.2. The number of hydrogen-bond acceptors (Lipinski definition) is 4. The van der Waals surface area contributed by atoms with Crippen molar-refractivity contribution in [1.82, 2.24) is 14.6 Å². The van der Waals surface area contributed by atoms with Gasteiger partial charge in [-0.3, -0.25) is 4.79 Å². The van der Waals surface area contributed by atoms with Crippen LogP contribution in [0.5, 0.6) is 5.75 Å². The largest absolute Gasteiger partial charge is 0.433 e. The summed E-state index contributed by atoms with van der Waals surface area (Å²) in [5, 5.41) is 7.50. The highest BCUT2D eigenvalue weighted by molar-refractivity contribution is 6.32. The molecule has 2 aromatic heterocycles. The van der Waals surface area contributed by atoms with Gasteiger partial charge in [0, 0.05) is 11.3 Å². The van der Waals surface area contributed by atoms with Crippen molar-refractivity contribution < 1.29 is 31.5 Å². The highest BCUT2D eigenvalue weighted by Gasteiger charge is 2.36. The molecule has 3 aromatic carbocycles. The van der Waals surface area contributed by atoms with E-state index >= 15 is 0 Å². The SMILES string of the molecule is O=C(Nc1ccc(OC(F)F)c(Cl)c1)c1cnn2c(C(F)(F)F)cc(-c3cccc4ccccc34)nc12. The van der Waals surface area contributed by atoms with Crippen LogP contribution in [-0.4, -0.2) is 27.1 Å². The number of amides is 1. The van der Waals surface area contributed by atoms with Gasteiger partial charge in [0.2, 0.25) is 0 Å². The smallest absolute Gasteiger partial charge is 0.433 e. The van der Waals surface area contributed by atoms with Crippen molar-refractivity contribution in [1.29, 1.82) is 0 Å². The van der Waals surface area contributed by atoms with Crippen LogP contribution < -0.4 is 10.1 Å².